The maximum Gasteiger partial charge on any atom is 0.243 e. The maximum absolute atomic E-state index is 12.7. The Morgan fingerprint density at radius 1 is 1.05 bits per heavy atom. The number of carbonyl (C=O) groups is 1. The van der Waals surface area contributed by atoms with Gasteiger partial charge in [-0.25, -0.2) is 8.42 Å². The molecule has 2 aromatic carbocycles. The van der Waals surface area contributed by atoms with Gasteiger partial charge in [-0.2, -0.15) is 4.31 Å². The Morgan fingerprint density at radius 3 is 2.62 bits per heavy atom. The molecule has 1 amide bonds. The smallest absolute Gasteiger partial charge is 0.243 e. The number of hydrogen-bond donors (Lipinski definition) is 1. The van der Waals surface area contributed by atoms with Gasteiger partial charge in [0.2, 0.25) is 15.9 Å². The summed E-state index contributed by atoms with van der Waals surface area (Å²) in [5.74, 6) is -0.253. The van der Waals surface area contributed by atoms with Gasteiger partial charge in [0, 0.05) is 13.1 Å². The zero-order valence-electron chi connectivity index (χ0n) is 11.5. The van der Waals surface area contributed by atoms with E-state index >= 15 is 0 Å². The Labute approximate surface area is 123 Å². The minimum absolute atomic E-state index is 0.116. The monoisotopic (exact) mass is 304 g/mol. The maximum atomic E-state index is 12.7. The van der Waals surface area contributed by atoms with Crippen molar-refractivity contribution in [3.05, 3.63) is 42.5 Å². The highest BCUT2D eigenvalue weighted by Gasteiger charge is 2.27. The highest BCUT2D eigenvalue weighted by molar-refractivity contribution is 7.89. The fraction of sp³-hybridized carbons (Fsp3) is 0.267. The molecule has 21 heavy (non-hydrogen) atoms. The summed E-state index contributed by atoms with van der Waals surface area (Å²) in [5.41, 5.74) is 0. The van der Waals surface area contributed by atoms with E-state index < -0.39 is 10.0 Å². The third-order valence-electron chi connectivity index (χ3n) is 3.59. The van der Waals surface area contributed by atoms with Crippen molar-refractivity contribution < 1.29 is 13.2 Å². The predicted octanol–water partition coefficient (Wildman–Crippen LogP) is 1.35. The molecule has 6 heteroatoms. The van der Waals surface area contributed by atoms with E-state index in [1.807, 2.05) is 24.3 Å². The largest absolute Gasteiger partial charge is 0.355 e. The van der Waals surface area contributed by atoms with Crippen LogP contribution in [0.3, 0.4) is 0 Å². The lowest BCUT2D eigenvalue weighted by Crippen LogP contribution is -2.37. The number of sulfonamides is 1. The van der Waals surface area contributed by atoms with E-state index in [0.29, 0.717) is 19.5 Å². The van der Waals surface area contributed by atoms with Gasteiger partial charge in [-0.15, -0.1) is 0 Å². The highest BCUT2D eigenvalue weighted by Crippen LogP contribution is 2.22. The van der Waals surface area contributed by atoms with Crippen molar-refractivity contribution in [2.45, 2.75) is 11.3 Å². The van der Waals surface area contributed by atoms with Crippen LogP contribution in [0.1, 0.15) is 6.42 Å². The molecule has 0 saturated carbocycles. The van der Waals surface area contributed by atoms with Crippen LogP contribution in [0, 0.1) is 0 Å². The van der Waals surface area contributed by atoms with Crippen molar-refractivity contribution in [2.24, 2.45) is 0 Å². The Bertz CT molecular complexity index is 786. The van der Waals surface area contributed by atoms with Gasteiger partial charge >= 0.3 is 0 Å². The number of nitrogens with one attached hydrogen (secondary N) is 1. The number of fused-ring (bicyclic) bond motifs is 1. The van der Waals surface area contributed by atoms with Crippen LogP contribution in [0.2, 0.25) is 0 Å². The van der Waals surface area contributed by atoms with Gasteiger partial charge in [0.15, 0.2) is 0 Å². The van der Waals surface area contributed by atoms with Crippen molar-refractivity contribution in [3.8, 4) is 0 Å². The summed E-state index contributed by atoms with van der Waals surface area (Å²) < 4.78 is 26.6. The van der Waals surface area contributed by atoms with E-state index in [9.17, 15) is 13.2 Å². The van der Waals surface area contributed by atoms with E-state index in [-0.39, 0.29) is 17.3 Å². The van der Waals surface area contributed by atoms with Crippen molar-refractivity contribution in [3.63, 3.8) is 0 Å². The second-order valence-electron chi connectivity index (χ2n) is 5.05. The number of carbonyl (C=O) groups excluding carboxylic acids is 1. The summed E-state index contributed by atoms with van der Waals surface area (Å²) in [6.45, 7) is 0.756. The Balaban J connectivity index is 2.00. The minimum Gasteiger partial charge on any atom is -0.355 e. The fourth-order valence-electron chi connectivity index (χ4n) is 2.46. The van der Waals surface area contributed by atoms with E-state index in [1.54, 1.807) is 18.2 Å². The van der Waals surface area contributed by atoms with Gasteiger partial charge in [-0.1, -0.05) is 30.3 Å². The lowest BCUT2D eigenvalue weighted by molar-refractivity contribution is -0.120. The average Bonchev–Trinajstić information content (AvgIpc) is 2.72. The molecule has 1 aliphatic rings. The van der Waals surface area contributed by atoms with Crippen molar-refractivity contribution in [1.29, 1.82) is 0 Å². The number of rotatable bonds is 2. The molecule has 1 fully saturated rings. The van der Waals surface area contributed by atoms with Crippen LogP contribution in [0.25, 0.3) is 10.8 Å². The summed E-state index contributed by atoms with van der Waals surface area (Å²) in [6, 6.07) is 12.6. The minimum atomic E-state index is -3.64. The quantitative estimate of drug-likeness (QED) is 0.911. The molecule has 5 nitrogen and oxygen atoms in total. The summed E-state index contributed by atoms with van der Waals surface area (Å²) >= 11 is 0. The summed E-state index contributed by atoms with van der Waals surface area (Å²) in [4.78, 5) is 11.8. The van der Waals surface area contributed by atoms with Crippen LogP contribution in [-0.4, -0.2) is 38.3 Å². The van der Waals surface area contributed by atoms with Crippen molar-refractivity contribution in [1.82, 2.24) is 9.62 Å². The van der Waals surface area contributed by atoms with Gasteiger partial charge in [-0.3, -0.25) is 4.79 Å². The third kappa shape index (κ3) is 2.77. The Morgan fingerprint density at radius 2 is 1.81 bits per heavy atom. The topological polar surface area (TPSA) is 66.5 Å². The van der Waals surface area contributed by atoms with Crippen LogP contribution in [0.5, 0.6) is 0 Å². The SMILES string of the molecule is O=C1CN(S(=O)(=O)c2ccc3ccccc3c2)CCCN1. The third-order valence-corrected chi connectivity index (χ3v) is 5.43. The predicted molar refractivity (Wildman–Crippen MR) is 80.3 cm³/mol. The van der Waals surface area contributed by atoms with E-state index in [2.05, 4.69) is 5.32 Å². The first kappa shape index (κ1) is 14.0. The molecule has 0 spiro atoms. The van der Waals surface area contributed by atoms with Crippen molar-refractivity contribution in [2.75, 3.05) is 19.6 Å². The standard InChI is InChI=1S/C15H16N2O3S/c18-15-11-17(9-3-8-16-15)21(19,20)14-7-6-12-4-1-2-5-13(12)10-14/h1-2,4-7,10H,3,8-9,11H2,(H,16,18). The summed E-state index contributed by atoms with van der Waals surface area (Å²) in [7, 11) is -3.64. The van der Waals surface area contributed by atoms with Crippen LogP contribution < -0.4 is 5.32 Å². The molecule has 0 bridgehead atoms. The Hall–Kier alpha value is -1.92. The molecule has 2 aromatic rings. The molecular weight excluding hydrogens is 288 g/mol. The molecule has 0 aliphatic carbocycles. The van der Waals surface area contributed by atoms with Crippen LogP contribution in [0.15, 0.2) is 47.4 Å². The molecule has 1 heterocycles. The lowest BCUT2D eigenvalue weighted by Gasteiger charge is -2.19. The second-order valence-corrected chi connectivity index (χ2v) is 6.99. The average molecular weight is 304 g/mol. The molecule has 3 rings (SSSR count). The number of nitrogens with zero attached hydrogens (tertiary/aromatic N) is 1. The zero-order chi connectivity index (χ0) is 14.9. The molecule has 0 radical (unpaired) electrons. The fourth-order valence-corrected chi connectivity index (χ4v) is 3.93. The molecule has 0 aromatic heterocycles. The van der Waals surface area contributed by atoms with Gasteiger partial charge in [0.1, 0.15) is 0 Å². The first-order chi connectivity index (χ1) is 10.1. The molecule has 0 atom stereocenters. The number of benzene rings is 2. The van der Waals surface area contributed by atoms with Crippen LogP contribution >= 0.6 is 0 Å². The number of hydrogen-bond acceptors (Lipinski definition) is 3. The normalized spacial score (nSPS) is 17.4. The van der Waals surface area contributed by atoms with Crippen LogP contribution in [0.4, 0.5) is 0 Å². The van der Waals surface area contributed by atoms with E-state index in [4.69, 9.17) is 0 Å². The molecule has 0 unspecified atom stereocenters. The molecule has 1 aliphatic heterocycles. The molecule has 1 saturated heterocycles. The Kier molecular flexibility index (Phi) is 3.65. The second kappa shape index (κ2) is 5.46. The highest BCUT2D eigenvalue weighted by atomic mass is 32.2. The molecule has 1 N–H and O–H groups in total. The van der Waals surface area contributed by atoms with Crippen molar-refractivity contribution >= 4 is 26.7 Å². The first-order valence-corrected chi connectivity index (χ1v) is 8.27. The molecule has 110 valence electrons. The summed E-state index contributed by atoms with van der Waals surface area (Å²) in [5, 5.41) is 4.55. The van der Waals surface area contributed by atoms with Gasteiger partial charge in [0.25, 0.3) is 0 Å². The zero-order valence-corrected chi connectivity index (χ0v) is 12.3. The van der Waals surface area contributed by atoms with Crippen LogP contribution in [-0.2, 0) is 14.8 Å². The number of amides is 1. The van der Waals surface area contributed by atoms with Gasteiger partial charge in [0.05, 0.1) is 11.4 Å². The summed E-state index contributed by atoms with van der Waals surface area (Å²) in [6.07, 6.45) is 0.624. The van der Waals surface area contributed by atoms with E-state index in [0.717, 1.165) is 10.8 Å². The first-order valence-electron chi connectivity index (χ1n) is 6.83. The van der Waals surface area contributed by atoms with E-state index in [1.165, 1.54) is 4.31 Å². The molecular formula is C15H16N2O3S. The lowest BCUT2D eigenvalue weighted by atomic mass is 10.1. The van der Waals surface area contributed by atoms with Gasteiger partial charge < -0.3 is 5.32 Å². The van der Waals surface area contributed by atoms with Gasteiger partial charge in [-0.05, 0) is 29.3 Å².